The molecule has 128 valence electrons. The number of aromatic amines is 1. The molecule has 2 aromatic carbocycles. The van der Waals surface area contributed by atoms with Crippen molar-refractivity contribution in [2.45, 2.75) is 20.3 Å². The van der Waals surface area contributed by atoms with Gasteiger partial charge in [0.1, 0.15) is 5.75 Å². The second-order valence-electron chi connectivity index (χ2n) is 5.64. The number of H-pyrrole nitrogens is 1. The Hall–Kier alpha value is -2.73. The maximum absolute atomic E-state index is 5.59. The van der Waals surface area contributed by atoms with E-state index in [1.54, 1.807) is 10.9 Å². The van der Waals surface area contributed by atoms with Crippen LogP contribution < -0.4 is 4.74 Å². The van der Waals surface area contributed by atoms with Crippen LogP contribution in [0.5, 0.6) is 5.75 Å². The van der Waals surface area contributed by atoms with E-state index in [9.17, 15) is 0 Å². The standard InChI is InChI=1S/C19H20N4OS/c1-3-12-24-16-10-8-15(9-11-16)13-20-23-18(21-22-19(23)25)17-7-5-4-6-14(17)2/h4-11,13H,3,12H2,1-2H3,(H,22,25)/b20-13-. The van der Waals surface area contributed by atoms with Crippen molar-refractivity contribution in [2.24, 2.45) is 5.10 Å². The summed E-state index contributed by atoms with van der Waals surface area (Å²) in [6.07, 6.45) is 2.75. The van der Waals surface area contributed by atoms with Crippen molar-refractivity contribution < 1.29 is 4.74 Å². The number of ether oxygens (including phenoxy) is 1. The molecule has 0 atom stereocenters. The fraction of sp³-hybridized carbons (Fsp3) is 0.211. The molecule has 0 radical (unpaired) electrons. The molecule has 0 aliphatic heterocycles. The minimum absolute atomic E-state index is 0.456. The molecule has 3 aromatic rings. The zero-order valence-electron chi connectivity index (χ0n) is 14.3. The summed E-state index contributed by atoms with van der Waals surface area (Å²) in [4.78, 5) is 0. The molecule has 0 amide bonds. The molecule has 0 unspecified atom stereocenters. The molecule has 25 heavy (non-hydrogen) atoms. The fourth-order valence-corrected chi connectivity index (χ4v) is 2.57. The lowest BCUT2D eigenvalue weighted by molar-refractivity contribution is 0.317. The topological polar surface area (TPSA) is 55.2 Å². The Balaban J connectivity index is 1.86. The van der Waals surface area contributed by atoms with Crippen molar-refractivity contribution in [1.82, 2.24) is 14.9 Å². The van der Waals surface area contributed by atoms with Gasteiger partial charge in [0.2, 0.25) is 4.77 Å². The van der Waals surface area contributed by atoms with Gasteiger partial charge in [0.15, 0.2) is 5.82 Å². The number of rotatable bonds is 6. The molecule has 1 N–H and O–H groups in total. The Morgan fingerprint density at radius 1 is 1.20 bits per heavy atom. The average Bonchev–Trinajstić information content (AvgIpc) is 3.00. The lowest BCUT2D eigenvalue weighted by atomic mass is 10.1. The summed E-state index contributed by atoms with van der Waals surface area (Å²) >= 11 is 5.31. The first-order chi connectivity index (χ1) is 12.2. The van der Waals surface area contributed by atoms with Crippen LogP contribution in [0.2, 0.25) is 0 Å². The quantitative estimate of drug-likeness (QED) is 0.521. The minimum Gasteiger partial charge on any atom is -0.494 e. The van der Waals surface area contributed by atoms with Crippen LogP contribution in [0.1, 0.15) is 24.5 Å². The van der Waals surface area contributed by atoms with Crippen LogP contribution in [-0.4, -0.2) is 27.7 Å². The molecule has 0 aliphatic carbocycles. The summed E-state index contributed by atoms with van der Waals surface area (Å²) in [5.41, 5.74) is 3.07. The number of benzene rings is 2. The monoisotopic (exact) mass is 352 g/mol. The van der Waals surface area contributed by atoms with Gasteiger partial charge in [0.25, 0.3) is 0 Å². The highest BCUT2D eigenvalue weighted by Gasteiger charge is 2.09. The molecule has 1 heterocycles. The van der Waals surface area contributed by atoms with Gasteiger partial charge >= 0.3 is 0 Å². The second kappa shape index (κ2) is 7.90. The van der Waals surface area contributed by atoms with Crippen LogP contribution >= 0.6 is 12.2 Å². The molecule has 0 saturated heterocycles. The lowest BCUT2D eigenvalue weighted by Gasteiger charge is -2.05. The zero-order chi connectivity index (χ0) is 17.6. The van der Waals surface area contributed by atoms with Gasteiger partial charge in [0, 0.05) is 5.56 Å². The molecule has 0 fully saturated rings. The van der Waals surface area contributed by atoms with E-state index >= 15 is 0 Å². The van der Waals surface area contributed by atoms with E-state index in [1.165, 1.54) is 0 Å². The predicted molar refractivity (Wildman–Crippen MR) is 103 cm³/mol. The Morgan fingerprint density at radius 2 is 1.96 bits per heavy atom. The fourth-order valence-electron chi connectivity index (χ4n) is 2.39. The van der Waals surface area contributed by atoms with Crippen LogP contribution in [-0.2, 0) is 0 Å². The number of aryl methyl sites for hydroxylation is 1. The highest BCUT2D eigenvalue weighted by atomic mass is 32.1. The van der Waals surface area contributed by atoms with E-state index in [2.05, 4.69) is 22.2 Å². The SMILES string of the molecule is CCCOc1ccc(/C=N\n2c(-c3ccccc3C)n[nH]c2=S)cc1. The van der Waals surface area contributed by atoms with Gasteiger partial charge in [-0.15, -0.1) is 0 Å². The first-order valence-corrected chi connectivity index (χ1v) is 8.60. The first kappa shape index (κ1) is 17.1. The van der Waals surface area contributed by atoms with Crippen LogP contribution in [0.3, 0.4) is 0 Å². The molecule has 0 saturated carbocycles. The summed E-state index contributed by atoms with van der Waals surface area (Å²) in [5.74, 6) is 1.56. The largest absolute Gasteiger partial charge is 0.494 e. The number of aromatic nitrogens is 3. The van der Waals surface area contributed by atoms with E-state index in [0.717, 1.165) is 35.5 Å². The van der Waals surface area contributed by atoms with Crippen molar-refractivity contribution >= 4 is 18.4 Å². The molecule has 1 aromatic heterocycles. The van der Waals surface area contributed by atoms with Crippen LogP contribution in [0, 0.1) is 11.7 Å². The van der Waals surface area contributed by atoms with Crippen molar-refractivity contribution in [3.8, 4) is 17.1 Å². The Morgan fingerprint density at radius 3 is 2.68 bits per heavy atom. The minimum atomic E-state index is 0.456. The Bertz CT molecular complexity index is 925. The maximum atomic E-state index is 5.59. The van der Waals surface area contributed by atoms with Gasteiger partial charge in [-0.25, -0.2) is 5.10 Å². The number of hydrogen-bond donors (Lipinski definition) is 1. The number of nitrogens with zero attached hydrogens (tertiary/aromatic N) is 3. The third-order valence-electron chi connectivity index (χ3n) is 3.71. The molecule has 0 aliphatic rings. The summed E-state index contributed by atoms with van der Waals surface area (Å²) < 4.78 is 7.68. The highest BCUT2D eigenvalue weighted by molar-refractivity contribution is 7.71. The summed E-state index contributed by atoms with van der Waals surface area (Å²) in [5, 5.41) is 11.6. The molecule has 3 rings (SSSR count). The first-order valence-electron chi connectivity index (χ1n) is 8.19. The van der Waals surface area contributed by atoms with Gasteiger partial charge < -0.3 is 4.74 Å². The molecule has 5 nitrogen and oxygen atoms in total. The van der Waals surface area contributed by atoms with Crippen molar-refractivity contribution in [3.05, 3.63) is 64.4 Å². The van der Waals surface area contributed by atoms with E-state index in [1.807, 2.05) is 55.5 Å². The summed E-state index contributed by atoms with van der Waals surface area (Å²) in [7, 11) is 0. The number of hydrogen-bond acceptors (Lipinski definition) is 4. The molecular formula is C19H20N4OS. The van der Waals surface area contributed by atoms with Crippen molar-refractivity contribution in [3.63, 3.8) is 0 Å². The van der Waals surface area contributed by atoms with Crippen LogP contribution in [0.4, 0.5) is 0 Å². The van der Waals surface area contributed by atoms with Crippen LogP contribution in [0.25, 0.3) is 11.4 Å². The molecule has 0 spiro atoms. The lowest BCUT2D eigenvalue weighted by Crippen LogP contribution is -1.97. The highest BCUT2D eigenvalue weighted by Crippen LogP contribution is 2.21. The van der Waals surface area contributed by atoms with E-state index in [-0.39, 0.29) is 0 Å². The Labute approximate surface area is 152 Å². The third kappa shape index (κ3) is 4.03. The normalized spacial score (nSPS) is 11.1. The van der Waals surface area contributed by atoms with E-state index in [0.29, 0.717) is 10.6 Å². The molecule has 6 heteroatoms. The van der Waals surface area contributed by atoms with Gasteiger partial charge in [0.05, 0.1) is 12.8 Å². The second-order valence-corrected chi connectivity index (χ2v) is 6.03. The summed E-state index contributed by atoms with van der Waals surface area (Å²) in [6, 6.07) is 15.8. The van der Waals surface area contributed by atoms with Gasteiger partial charge in [-0.05, 0) is 61.0 Å². The number of nitrogens with one attached hydrogen (secondary N) is 1. The van der Waals surface area contributed by atoms with Crippen LogP contribution in [0.15, 0.2) is 53.6 Å². The van der Waals surface area contributed by atoms with E-state index < -0.39 is 0 Å². The zero-order valence-corrected chi connectivity index (χ0v) is 15.1. The predicted octanol–water partition coefficient (Wildman–Crippen LogP) is 4.59. The Kier molecular flexibility index (Phi) is 5.40. The van der Waals surface area contributed by atoms with Gasteiger partial charge in [-0.1, -0.05) is 31.2 Å². The molecular weight excluding hydrogens is 332 g/mol. The van der Waals surface area contributed by atoms with Gasteiger partial charge in [-0.2, -0.15) is 14.9 Å². The third-order valence-corrected chi connectivity index (χ3v) is 3.98. The summed E-state index contributed by atoms with van der Waals surface area (Å²) in [6.45, 7) is 4.84. The van der Waals surface area contributed by atoms with Crippen molar-refractivity contribution in [1.29, 1.82) is 0 Å². The van der Waals surface area contributed by atoms with Crippen molar-refractivity contribution in [2.75, 3.05) is 6.61 Å². The average molecular weight is 352 g/mol. The van der Waals surface area contributed by atoms with E-state index in [4.69, 9.17) is 17.0 Å². The maximum Gasteiger partial charge on any atom is 0.216 e. The smallest absolute Gasteiger partial charge is 0.216 e. The van der Waals surface area contributed by atoms with Gasteiger partial charge in [-0.3, -0.25) is 0 Å². The molecule has 0 bridgehead atoms.